The van der Waals surface area contributed by atoms with Gasteiger partial charge in [0.15, 0.2) is 0 Å². The lowest BCUT2D eigenvalue weighted by Crippen LogP contribution is -2.28. The summed E-state index contributed by atoms with van der Waals surface area (Å²) < 4.78 is 6.16. The maximum absolute atomic E-state index is 6.16. The lowest BCUT2D eigenvalue weighted by atomic mass is 9.84. The van der Waals surface area contributed by atoms with Crippen molar-refractivity contribution in [3.8, 4) is 5.75 Å². The van der Waals surface area contributed by atoms with Crippen LogP contribution in [0.3, 0.4) is 0 Å². The van der Waals surface area contributed by atoms with E-state index < -0.39 is 0 Å². The molecule has 0 bridgehead atoms. The van der Waals surface area contributed by atoms with Gasteiger partial charge in [0.2, 0.25) is 0 Å². The molecule has 1 heterocycles. The van der Waals surface area contributed by atoms with Crippen LogP contribution in [0.1, 0.15) is 87.1 Å². The molecule has 2 aromatic carbocycles. The summed E-state index contributed by atoms with van der Waals surface area (Å²) in [6.45, 7) is 6.49. The highest BCUT2D eigenvalue weighted by Crippen LogP contribution is 2.39. The zero-order valence-corrected chi connectivity index (χ0v) is 18.3. The lowest BCUT2D eigenvalue weighted by molar-refractivity contribution is 0.159. The van der Waals surface area contributed by atoms with Crippen LogP contribution in [0.25, 0.3) is 17.7 Å². The van der Waals surface area contributed by atoms with Gasteiger partial charge in [-0.1, -0.05) is 75.1 Å². The molecule has 0 saturated heterocycles. The summed E-state index contributed by atoms with van der Waals surface area (Å²) >= 11 is 0. The average molecular weight is 387 g/mol. The van der Waals surface area contributed by atoms with Gasteiger partial charge in [-0.3, -0.25) is 0 Å². The molecule has 152 valence electrons. The van der Waals surface area contributed by atoms with Crippen LogP contribution in [0.15, 0.2) is 42.5 Å². The van der Waals surface area contributed by atoms with E-state index in [4.69, 9.17) is 4.74 Å². The molecule has 1 heteroatoms. The van der Waals surface area contributed by atoms with Crippen LogP contribution in [-0.4, -0.2) is 5.60 Å². The van der Waals surface area contributed by atoms with Crippen LogP contribution in [-0.2, 0) is 12.8 Å². The van der Waals surface area contributed by atoms with E-state index in [1.807, 2.05) is 0 Å². The Morgan fingerprint density at radius 1 is 0.897 bits per heavy atom. The van der Waals surface area contributed by atoms with Gasteiger partial charge in [-0.2, -0.15) is 0 Å². The first-order chi connectivity index (χ1) is 14.1. The molecule has 1 nitrogen and oxygen atoms in total. The van der Waals surface area contributed by atoms with E-state index >= 15 is 0 Å². The number of hydrogen-bond acceptors (Lipinski definition) is 1. The van der Waals surface area contributed by atoms with Crippen molar-refractivity contribution in [3.63, 3.8) is 0 Å². The summed E-state index contributed by atoms with van der Waals surface area (Å²) in [5, 5.41) is 0. The van der Waals surface area contributed by atoms with E-state index in [0.29, 0.717) is 0 Å². The molecule has 0 saturated carbocycles. The number of fused-ring (bicyclic) bond motifs is 3. The van der Waals surface area contributed by atoms with Gasteiger partial charge in [0.1, 0.15) is 11.4 Å². The number of hydrogen-bond donors (Lipinski definition) is 0. The normalized spacial score (nSPS) is 16.6. The Kier molecular flexibility index (Phi) is 5.94. The van der Waals surface area contributed by atoms with Crippen LogP contribution in [0.5, 0.6) is 5.75 Å². The van der Waals surface area contributed by atoms with E-state index in [2.05, 4.69) is 75.4 Å². The average Bonchev–Trinajstić information content (AvgIpc) is 2.72. The molecule has 4 rings (SSSR count). The zero-order chi connectivity index (χ0) is 20.3. The topological polar surface area (TPSA) is 9.23 Å². The largest absolute Gasteiger partial charge is 0.483 e. The first kappa shape index (κ1) is 20.0. The molecular formula is C28H34O. The fourth-order valence-electron chi connectivity index (χ4n) is 4.51. The standard InChI is InChI=1S/C28H34O/c1-4-5-6-7-8-9-21-10-12-22(13-11-21)23-14-16-25-24(20-23)15-17-27-26(25)18-19-28(2,3)29-27/h10-13,15,17-20H,4-9,14,16H2,1-3H3. The molecule has 1 aliphatic carbocycles. The molecule has 1 aliphatic heterocycles. The number of rotatable bonds is 7. The molecule has 29 heavy (non-hydrogen) atoms. The van der Waals surface area contributed by atoms with Crippen molar-refractivity contribution in [2.75, 3.05) is 0 Å². The number of allylic oxidation sites excluding steroid dienone is 1. The molecule has 0 aromatic heterocycles. The highest BCUT2D eigenvalue weighted by atomic mass is 16.5. The Morgan fingerprint density at radius 2 is 1.69 bits per heavy atom. The van der Waals surface area contributed by atoms with E-state index in [0.717, 1.165) is 18.6 Å². The van der Waals surface area contributed by atoms with Crippen LogP contribution >= 0.6 is 0 Å². The van der Waals surface area contributed by atoms with Crippen LogP contribution in [0.4, 0.5) is 0 Å². The first-order valence-electron chi connectivity index (χ1n) is 11.4. The molecular weight excluding hydrogens is 352 g/mol. The third kappa shape index (κ3) is 4.66. The second-order valence-corrected chi connectivity index (χ2v) is 9.11. The smallest absolute Gasteiger partial charge is 0.128 e. The Hall–Kier alpha value is -2.28. The van der Waals surface area contributed by atoms with Gasteiger partial charge < -0.3 is 4.74 Å². The minimum Gasteiger partial charge on any atom is -0.483 e. The van der Waals surface area contributed by atoms with Crippen LogP contribution in [0.2, 0.25) is 0 Å². The third-order valence-electron chi connectivity index (χ3n) is 6.25. The summed E-state index contributed by atoms with van der Waals surface area (Å²) in [6.07, 6.45) is 16.9. The maximum atomic E-state index is 6.16. The van der Waals surface area contributed by atoms with Gasteiger partial charge in [-0.25, -0.2) is 0 Å². The zero-order valence-electron chi connectivity index (χ0n) is 18.3. The summed E-state index contributed by atoms with van der Waals surface area (Å²) in [6, 6.07) is 13.7. The Morgan fingerprint density at radius 3 is 2.48 bits per heavy atom. The van der Waals surface area contributed by atoms with Crippen LogP contribution < -0.4 is 4.74 Å². The fraction of sp³-hybridized carbons (Fsp3) is 0.429. The molecule has 2 aliphatic rings. The van der Waals surface area contributed by atoms with Crippen molar-refractivity contribution in [3.05, 3.63) is 70.3 Å². The van der Waals surface area contributed by atoms with Gasteiger partial charge in [0.05, 0.1) is 0 Å². The van der Waals surface area contributed by atoms with Crippen molar-refractivity contribution >= 4 is 17.7 Å². The lowest BCUT2D eigenvalue weighted by Gasteiger charge is -2.30. The van der Waals surface area contributed by atoms with Gasteiger partial charge in [-0.15, -0.1) is 0 Å². The van der Waals surface area contributed by atoms with Crippen molar-refractivity contribution < 1.29 is 4.74 Å². The minimum atomic E-state index is -0.214. The highest BCUT2D eigenvalue weighted by Gasteiger charge is 2.25. The summed E-state index contributed by atoms with van der Waals surface area (Å²) in [5.74, 6) is 1.02. The van der Waals surface area contributed by atoms with Gasteiger partial charge in [0, 0.05) is 5.56 Å². The van der Waals surface area contributed by atoms with Gasteiger partial charge in [0.25, 0.3) is 0 Å². The molecule has 2 aromatic rings. The predicted octanol–water partition coefficient (Wildman–Crippen LogP) is 7.87. The number of aryl methyl sites for hydroxylation is 1. The SMILES string of the molecule is CCCCCCCc1ccc(C2=Cc3ccc4c(c3CC2)C=CC(C)(C)O4)cc1. The van der Waals surface area contributed by atoms with Crippen LogP contribution in [0, 0.1) is 0 Å². The summed E-state index contributed by atoms with van der Waals surface area (Å²) in [5.41, 5.74) is 8.13. The monoisotopic (exact) mass is 386 g/mol. The molecule has 0 unspecified atom stereocenters. The first-order valence-corrected chi connectivity index (χ1v) is 11.4. The molecule has 0 spiro atoms. The van der Waals surface area contributed by atoms with E-state index in [1.165, 1.54) is 71.9 Å². The van der Waals surface area contributed by atoms with E-state index in [9.17, 15) is 0 Å². The second kappa shape index (κ2) is 8.61. The van der Waals surface area contributed by atoms with Crippen molar-refractivity contribution in [2.24, 2.45) is 0 Å². The fourth-order valence-corrected chi connectivity index (χ4v) is 4.51. The third-order valence-corrected chi connectivity index (χ3v) is 6.25. The molecule has 0 amide bonds. The van der Waals surface area contributed by atoms with E-state index in [-0.39, 0.29) is 5.60 Å². The van der Waals surface area contributed by atoms with E-state index in [1.54, 1.807) is 0 Å². The summed E-state index contributed by atoms with van der Waals surface area (Å²) in [4.78, 5) is 0. The summed E-state index contributed by atoms with van der Waals surface area (Å²) in [7, 11) is 0. The minimum absolute atomic E-state index is 0.214. The maximum Gasteiger partial charge on any atom is 0.128 e. The Labute approximate surface area is 176 Å². The van der Waals surface area contributed by atoms with Crippen molar-refractivity contribution in [1.29, 1.82) is 0 Å². The second-order valence-electron chi connectivity index (χ2n) is 9.11. The quantitative estimate of drug-likeness (QED) is 0.440. The molecule has 0 fully saturated rings. The Bertz CT molecular complexity index is 912. The molecule has 0 radical (unpaired) electrons. The molecule has 0 atom stereocenters. The number of benzene rings is 2. The number of ether oxygens (including phenoxy) is 1. The highest BCUT2D eigenvalue weighted by molar-refractivity contribution is 5.86. The predicted molar refractivity (Wildman–Crippen MR) is 125 cm³/mol. The van der Waals surface area contributed by atoms with Gasteiger partial charge >= 0.3 is 0 Å². The van der Waals surface area contributed by atoms with Crippen molar-refractivity contribution in [1.82, 2.24) is 0 Å². The van der Waals surface area contributed by atoms with Gasteiger partial charge in [-0.05, 0) is 79.5 Å². The van der Waals surface area contributed by atoms with Crippen molar-refractivity contribution in [2.45, 2.75) is 77.7 Å². The number of unbranched alkanes of at least 4 members (excludes halogenated alkanes) is 4. The molecule has 0 N–H and O–H groups in total. The Balaban J connectivity index is 1.47.